The van der Waals surface area contributed by atoms with Gasteiger partial charge in [0.1, 0.15) is 5.57 Å². The third-order valence-electron chi connectivity index (χ3n) is 4.34. The summed E-state index contributed by atoms with van der Waals surface area (Å²) in [7, 11) is 1.22. The van der Waals surface area contributed by atoms with Crippen LogP contribution in [-0.2, 0) is 19.1 Å². The molecule has 170 valence electrons. The van der Waals surface area contributed by atoms with Gasteiger partial charge < -0.3 is 15.2 Å². The summed E-state index contributed by atoms with van der Waals surface area (Å²) in [6, 6.07) is 7.19. The summed E-state index contributed by atoms with van der Waals surface area (Å²) in [5, 5.41) is 2.09. The summed E-state index contributed by atoms with van der Waals surface area (Å²) < 4.78 is 9.76. The minimum atomic E-state index is -0.959. The molecule has 2 aromatic carbocycles. The standard InChI is InChI=1S/C21H15Cl2N3O7/c1-32-20(30)11-2-4-12(5-3-11)26-19(29)13(18(28)25-21(26)31)6-10-7-14(22)17(15(23)8-10)33-9-16(24)27/h2-8H,9H2,1H3,(H2,24,27)(H,25,28,31)/b13-6+. The quantitative estimate of drug-likeness (QED) is 0.358. The maximum atomic E-state index is 13.0. The van der Waals surface area contributed by atoms with Crippen molar-refractivity contribution in [2.24, 2.45) is 5.73 Å². The number of hydrogen-bond acceptors (Lipinski definition) is 7. The van der Waals surface area contributed by atoms with Crippen LogP contribution in [0, 0.1) is 0 Å². The number of methoxy groups -OCH3 is 1. The molecule has 1 saturated heterocycles. The third-order valence-corrected chi connectivity index (χ3v) is 4.90. The van der Waals surface area contributed by atoms with E-state index >= 15 is 0 Å². The van der Waals surface area contributed by atoms with Crippen molar-refractivity contribution in [3.63, 3.8) is 0 Å². The predicted molar refractivity (Wildman–Crippen MR) is 118 cm³/mol. The number of nitrogens with one attached hydrogen (secondary N) is 1. The van der Waals surface area contributed by atoms with Crippen molar-refractivity contribution in [2.45, 2.75) is 0 Å². The van der Waals surface area contributed by atoms with Crippen LogP contribution in [0.1, 0.15) is 15.9 Å². The average Bonchev–Trinajstić information content (AvgIpc) is 2.75. The van der Waals surface area contributed by atoms with E-state index in [1.54, 1.807) is 0 Å². The molecule has 1 fully saturated rings. The maximum Gasteiger partial charge on any atom is 0.337 e. The molecule has 3 N–H and O–H groups in total. The van der Waals surface area contributed by atoms with Crippen molar-refractivity contribution < 1.29 is 33.4 Å². The van der Waals surface area contributed by atoms with Gasteiger partial charge >= 0.3 is 12.0 Å². The Morgan fingerprint density at radius 3 is 2.24 bits per heavy atom. The second kappa shape index (κ2) is 9.72. The van der Waals surface area contributed by atoms with Gasteiger partial charge in [-0.15, -0.1) is 0 Å². The van der Waals surface area contributed by atoms with Crippen LogP contribution >= 0.6 is 23.2 Å². The minimum absolute atomic E-state index is 0.00112. The zero-order valence-electron chi connectivity index (χ0n) is 16.9. The Morgan fingerprint density at radius 2 is 1.70 bits per heavy atom. The first-order valence-corrected chi connectivity index (χ1v) is 9.88. The number of nitrogens with zero attached hydrogens (tertiary/aromatic N) is 1. The number of urea groups is 1. The SMILES string of the molecule is COC(=O)c1ccc(N2C(=O)NC(=O)/C(=C\c3cc(Cl)c(OCC(N)=O)c(Cl)c3)C2=O)cc1. The molecule has 10 nitrogen and oxygen atoms in total. The Balaban J connectivity index is 1.94. The lowest BCUT2D eigenvalue weighted by Gasteiger charge is -2.26. The van der Waals surface area contributed by atoms with Crippen LogP contribution in [0.2, 0.25) is 10.0 Å². The third kappa shape index (κ3) is 5.13. The number of barbiturate groups is 1. The summed E-state index contributed by atoms with van der Waals surface area (Å²) in [5.41, 5.74) is 5.24. The van der Waals surface area contributed by atoms with Crippen molar-refractivity contribution in [1.82, 2.24) is 5.32 Å². The van der Waals surface area contributed by atoms with Crippen molar-refractivity contribution in [3.05, 3.63) is 63.1 Å². The first kappa shape index (κ1) is 23.8. The lowest BCUT2D eigenvalue weighted by Crippen LogP contribution is -2.54. The number of ether oxygens (including phenoxy) is 2. The maximum absolute atomic E-state index is 13.0. The van der Waals surface area contributed by atoms with E-state index in [9.17, 15) is 24.0 Å². The van der Waals surface area contributed by atoms with Gasteiger partial charge in [-0.25, -0.2) is 14.5 Å². The monoisotopic (exact) mass is 491 g/mol. The van der Waals surface area contributed by atoms with Gasteiger partial charge in [0.05, 0.1) is 28.4 Å². The van der Waals surface area contributed by atoms with Crippen molar-refractivity contribution in [3.8, 4) is 5.75 Å². The van der Waals surface area contributed by atoms with Gasteiger partial charge in [-0.3, -0.25) is 19.7 Å². The van der Waals surface area contributed by atoms with Crippen molar-refractivity contribution >= 4 is 64.7 Å². The number of benzene rings is 2. The van der Waals surface area contributed by atoms with Gasteiger partial charge in [-0.2, -0.15) is 0 Å². The summed E-state index contributed by atoms with van der Waals surface area (Å²) in [4.78, 5) is 60.9. The number of esters is 1. The second-order valence-electron chi connectivity index (χ2n) is 6.56. The van der Waals surface area contributed by atoms with Crippen LogP contribution in [0.15, 0.2) is 42.0 Å². The van der Waals surface area contributed by atoms with Crippen LogP contribution in [0.4, 0.5) is 10.5 Å². The number of anilines is 1. The molecular formula is C21H15Cl2N3O7. The molecule has 0 bridgehead atoms. The Labute approximate surface area is 196 Å². The number of carbonyl (C=O) groups excluding carboxylic acids is 5. The van der Waals surface area contributed by atoms with Crippen LogP contribution < -0.4 is 20.7 Å². The fraction of sp³-hybridized carbons (Fsp3) is 0.0952. The van der Waals surface area contributed by atoms with E-state index in [1.807, 2.05) is 0 Å². The van der Waals surface area contributed by atoms with Gasteiger partial charge in [0.2, 0.25) is 0 Å². The number of nitrogens with two attached hydrogens (primary N) is 1. The topological polar surface area (TPSA) is 145 Å². The molecule has 5 amide bonds. The van der Waals surface area contributed by atoms with E-state index < -0.39 is 36.3 Å². The Morgan fingerprint density at radius 1 is 1.09 bits per heavy atom. The Hall–Kier alpha value is -3.89. The number of amides is 5. The molecule has 0 saturated carbocycles. The first-order chi connectivity index (χ1) is 15.6. The predicted octanol–water partition coefficient (Wildman–Crippen LogP) is 2.31. The molecular weight excluding hydrogens is 477 g/mol. The van der Waals surface area contributed by atoms with Gasteiger partial charge in [-0.05, 0) is 48.0 Å². The van der Waals surface area contributed by atoms with E-state index in [0.29, 0.717) is 0 Å². The van der Waals surface area contributed by atoms with E-state index in [4.69, 9.17) is 33.7 Å². The summed E-state index contributed by atoms with van der Waals surface area (Å²) >= 11 is 12.3. The smallest absolute Gasteiger partial charge is 0.337 e. The van der Waals surface area contributed by atoms with Crippen molar-refractivity contribution in [1.29, 1.82) is 0 Å². The second-order valence-corrected chi connectivity index (χ2v) is 7.38. The lowest BCUT2D eigenvalue weighted by atomic mass is 10.1. The summed E-state index contributed by atoms with van der Waals surface area (Å²) in [6.45, 7) is -0.452. The molecule has 0 radical (unpaired) electrons. The molecule has 0 aliphatic carbocycles. The zero-order chi connectivity index (χ0) is 24.3. The fourth-order valence-electron chi connectivity index (χ4n) is 2.87. The first-order valence-electron chi connectivity index (χ1n) is 9.12. The van der Waals surface area contributed by atoms with E-state index in [2.05, 4.69) is 10.1 Å². The number of rotatable bonds is 6. The molecule has 0 spiro atoms. The lowest BCUT2D eigenvalue weighted by molar-refractivity contribution is -0.123. The highest BCUT2D eigenvalue weighted by molar-refractivity contribution is 6.40. The number of primary amides is 1. The Bertz CT molecular complexity index is 1190. The summed E-state index contributed by atoms with van der Waals surface area (Å²) in [5.74, 6) is -3.16. The molecule has 0 atom stereocenters. The number of hydrogen-bond donors (Lipinski definition) is 2. The summed E-state index contributed by atoms with van der Waals surface area (Å²) in [6.07, 6.45) is 1.19. The van der Waals surface area contributed by atoms with Crippen LogP contribution in [-0.4, -0.2) is 43.4 Å². The zero-order valence-corrected chi connectivity index (χ0v) is 18.4. The number of halogens is 2. The van der Waals surface area contributed by atoms with Gasteiger partial charge in [0.15, 0.2) is 12.4 Å². The van der Waals surface area contributed by atoms with E-state index in [1.165, 1.54) is 49.6 Å². The molecule has 2 aromatic rings. The van der Waals surface area contributed by atoms with Gasteiger partial charge in [-0.1, -0.05) is 23.2 Å². The molecule has 1 aliphatic rings. The minimum Gasteiger partial charge on any atom is -0.481 e. The van der Waals surface area contributed by atoms with E-state index in [-0.39, 0.29) is 38.2 Å². The van der Waals surface area contributed by atoms with E-state index in [0.717, 1.165) is 4.90 Å². The molecule has 3 rings (SSSR count). The Kier molecular flexibility index (Phi) is 7.00. The fourth-order valence-corrected chi connectivity index (χ4v) is 3.48. The van der Waals surface area contributed by atoms with Gasteiger partial charge in [0.25, 0.3) is 17.7 Å². The normalized spacial score (nSPS) is 14.8. The average molecular weight is 492 g/mol. The largest absolute Gasteiger partial charge is 0.481 e. The number of carbonyl (C=O) groups is 5. The molecule has 0 unspecified atom stereocenters. The highest BCUT2D eigenvalue weighted by atomic mass is 35.5. The van der Waals surface area contributed by atoms with Crippen LogP contribution in [0.25, 0.3) is 6.08 Å². The van der Waals surface area contributed by atoms with Crippen molar-refractivity contribution in [2.75, 3.05) is 18.6 Å². The highest BCUT2D eigenvalue weighted by Crippen LogP contribution is 2.35. The molecule has 0 aromatic heterocycles. The molecule has 33 heavy (non-hydrogen) atoms. The molecule has 1 heterocycles. The van der Waals surface area contributed by atoms with Gasteiger partial charge in [0, 0.05) is 0 Å². The molecule has 1 aliphatic heterocycles. The highest BCUT2D eigenvalue weighted by Gasteiger charge is 2.37. The van der Waals surface area contributed by atoms with Crippen LogP contribution in [0.5, 0.6) is 5.75 Å². The molecule has 12 heteroatoms. The van der Waals surface area contributed by atoms with Crippen LogP contribution in [0.3, 0.4) is 0 Å². The number of imide groups is 2.